The molecule has 5 nitrogen and oxygen atoms in total. The lowest BCUT2D eigenvalue weighted by Gasteiger charge is -2.36. The molecule has 186 valence electrons. The predicted octanol–water partition coefficient (Wildman–Crippen LogP) is 7.88. The number of carbonyl (C=O) groups is 1. The van der Waals surface area contributed by atoms with E-state index in [1.54, 1.807) is 12.1 Å². The second kappa shape index (κ2) is 9.76. The van der Waals surface area contributed by atoms with Gasteiger partial charge in [0, 0.05) is 23.0 Å². The minimum absolute atomic E-state index is 0.249. The van der Waals surface area contributed by atoms with E-state index in [4.69, 9.17) is 4.98 Å². The number of carbonyl (C=O) groups excluding carboxylic acids is 1. The summed E-state index contributed by atoms with van der Waals surface area (Å²) in [4.78, 5) is 17.9. The van der Waals surface area contributed by atoms with E-state index in [1.807, 2.05) is 18.2 Å². The van der Waals surface area contributed by atoms with Crippen molar-refractivity contribution in [1.29, 1.82) is 0 Å². The number of amides is 1. The molecule has 2 N–H and O–H groups in total. The Morgan fingerprint density at radius 3 is 2.47 bits per heavy atom. The van der Waals surface area contributed by atoms with Crippen molar-refractivity contribution in [3.63, 3.8) is 0 Å². The lowest BCUT2D eigenvalue weighted by molar-refractivity contribution is 0.102. The highest BCUT2D eigenvalue weighted by atomic mass is 19.1. The van der Waals surface area contributed by atoms with Crippen LogP contribution in [0.2, 0.25) is 0 Å². The van der Waals surface area contributed by atoms with E-state index in [2.05, 4.69) is 60.2 Å². The van der Waals surface area contributed by atoms with Crippen molar-refractivity contribution in [3.05, 3.63) is 83.7 Å². The summed E-state index contributed by atoms with van der Waals surface area (Å²) in [7, 11) is 0. The molecule has 6 heteroatoms. The number of benzene rings is 3. The van der Waals surface area contributed by atoms with Gasteiger partial charge in [-0.15, -0.1) is 0 Å². The molecule has 0 saturated heterocycles. The number of nitrogens with zero attached hydrogens (tertiary/aromatic N) is 2. The van der Waals surface area contributed by atoms with Gasteiger partial charge < -0.3 is 15.2 Å². The van der Waals surface area contributed by atoms with E-state index < -0.39 is 0 Å². The molecular formula is C30H33FN4O. The molecule has 1 aromatic heterocycles. The number of nitrogens with one attached hydrogen (secondary N) is 2. The molecule has 0 aliphatic heterocycles. The topological polar surface area (TPSA) is 59.0 Å². The van der Waals surface area contributed by atoms with E-state index in [9.17, 15) is 9.18 Å². The molecule has 1 saturated carbocycles. The maximum Gasteiger partial charge on any atom is 0.255 e. The smallest absolute Gasteiger partial charge is 0.255 e. The first kappa shape index (κ1) is 24.0. The molecule has 1 atom stereocenters. The summed E-state index contributed by atoms with van der Waals surface area (Å²) < 4.78 is 15.6. The zero-order valence-corrected chi connectivity index (χ0v) is 21.1. The van der Waals surface area contributed by atoms with Crippen molar-refractivity contribution in [2.24, 2.45) is 5.41 Å². The van der Waals surface area contributed by atoms with Crippen molar-refractivity contribution in [3.8, 4) is 0 Å². The average Bonchev–Trinajstić information content (AvgIpc) is 3.22. The minimum atomic E-state index is -0.338. The Hall–Kier alpha value is -3.67. The highest BCUT2D eigenvalue weighted by Gasteiger charge is 2.31. The van der Waals surface area contributed by atoms with E-state index in [0.717, 1.165) is 41.9 Å². The van der Waals surface area contributed by atoms with E-state index in [0.29, 0.717) is 17.3 Å². The monoisotopic (exact) mass is 484 g/mol. The van der Waals surface area contributed by atoms with Crippen LogP contribution in [0.3, 0.4) is 0 Å². The van der Waals surface area contributed by atoms with Crippen LogP contribution in [0.15, 0.2) is 66.7 Å². The maximum absolute atomic E-state index is 13.2. The van der Waals surface area contributed by atoms with Crippen LogP contribution in [0.5, 0.6) is 0 Å². The Bertz CT molecular complexity index is 1370. The molecule has 3 aromatic carbocycles. The number of anilines is 3. The van der Waals surface area contributed by atoms with Gasteiger partial charge in [-0.25, -0.2) is 9.37 Å². The molecule has 0 radical (unpaired) electrons. The third kappa shape index (κ3) is 5.13. The summed E-state index contributed by atoms with van der Waals surface area (Å²) in [5, 5.41) is 6.39. The molecule has 36 heavy (non-hydrogen) atoms. The van der Waals surface area contributed by atoms with Crippen LogP contribution in [-0.2, 0) is 6.42 Å². The summed E-state index contributed by atoms with van der Waals surface area (Å²) in [6.07, 6.45) is 5.59. The van der Waals surface area contributed by atoms with Crippen LogP contribution in [-0.4, -0.2) is 15.5 Å². The van der Waals surface area contributed by atoms with Crippen molar-refractivity contribution in [1.82, 2.24) is 9.55 Å². The van der Waals surface area contributed by atoms with Crippen molar-refractivity contribution in [2.45, 2.75) is 58.9 Å². The summed E-state index contributed by atoms with van der Waals surface area (Å²) in [5.74, 6) is 0.213. The highest BCUT2D eigenvalue weighted by molar-refractivity contribution is 6.06. The number of imidazole rings is 1. The number of aryl methyl sites for hydroxylation is 1. The lowest BCUT2D eigenvalue weighted by Crippen LogP contribution is -2.25. The second-order valence-corrected chi connectivity index (χ2v) is 10.6. The molecule has 0 unspecified atom stereocenters. The van der Waals surface area contributed by atoms with E-state index in [-0.39, 0.29) is 17.1 Å². The van der Waals surface area contributed by atoms with Gasteiger partial charge in [0.2, 0.25) is 5.95 Å². The SMILES string of the molecule is CCc1ccc(Nc2nc3cc(C(=O)Nc4ccc(F)cc4)ccc3n2[C@H]2CCCC(C)(C)C2)cc1. The predicted molar refractivity (Wildman–Crippen MR) is 144 cm³/mol. The van der Waals surface area contributed by atoms with Crippen LogP contribution in [0.1, 0.15) is 68.4 Å². The van der Waals surface area contributed by atoms with Crippen molar-refractivity contribution < 1.29 is 9.18 Å². The molecule has 0 bridgehead atoms. The maximum atomic E-state index is 13.2. The Balaban J connectivity index is 1.50. The largest absolute Gasteiger partial charge is 0.326 e. The Morgan fingerprint density at radius 1 is 1.06 bits per heavy atom. The fraction of sp³-hybridized carbons (Fsp3) is 0.333. The van der Waals surface area contributed by atoms with Crippen LogP contribution in [0.4, 0.5) is 21.7 Å². The van der Waals surface area contributed by atoms with Crippen LogP contribution in [0.25, 0.3) is 11.0 Å². The Morgan fingerprint density at radius 2 is 1.78 bits per heavy atom. The standard InChI is InChI=1S/C30H33FN4O/c1-4-20-7-12-24(13-8-20)33-29-34-26-18-21(28(36)32-23-14-10-22(31)11-15-23)9-16-27(26)35(29)25-6-5-17-30(2,3)19-25/h7-16,18,25H,4-6,17,19H2,1-3H3,(H,32,36)(H,33,34)/t25-/m0/s1. The lowest BCUT2D eigenvalue weighted by atomic mass is 9.75. The van der Waals surface area contributed by atoms with Gasteiger partial charge in [0.25, 0.3) is 5.91 Å². The second-order valence-electron chi connectivity index (χ2n) is 10.6. The van der Waals surface area contributed by atoms with Crippen molar-refractivity contribution in [2.75, 3.05) is 10.6 Å². The number of hydrogen-bond donors (Lipinski definition) is 2. The van der Waals surface area contributed by atoms with Crippen molar-refractivity contribution >= 4 is 34.3 Å². The fourth-order valence-electron chi connectivity index (χ4n) is 5.27. The first-order valence-electron chi connectivity index (χ1n) is 12.8. The summed E-state index contributed by atoms with van der Waals surface area (Å²) in [6.45, 7) is 6.83. The molecule has 4 aromatic rings. The zero-order chi connectivity index (χ0) is 25.3. The van der Waals surface area contributed by atoms with Gasteiger partial charge in [-0.3, -0.25) is 4.79 Å². The van der Waals surface area contributed by atoms with Crippen LogP contribution < -0.4 is 10.6 Å². The quantitative estimate of drug-likeness (QED) is 0.293. The molecule has 1 amide bonds. The fourth-order valence-corrected chi connectivity index (χ4v) is 5.27. The van der Waals surface area contributed by atoms with Gasteiger partial charge in [-0.2, -0.15) is 0 Å². The van der Waals surface area contributed by atoms with Gasteiger partial charge in [-0.05, 0) is 91.3 Å². The van der Waals surface area contributed by atoms with E-state index in [1.165, 1.54) is 30.5 Å². The first-order valence-corrected chi connectivity index (χ1v) is 12.8. The first-order chi connectivity index (χ1) is 17.3. The molecule has 1 aliphatic rings. The molecule has 1 heterocycles. The summed E-state index contributed by atoms with van der Waals surface area (Å²) >= 11 is 0. The van der Waals surface area contributed by atoms with Gasteiger partial charge >= 0.3 is 0 Å². The third-order valence-electron chi connectivity index (χ3n) is 7.22. The van der Waals surface area contributed by atoms with E-state index >= 15 is 0 Å². The molecule has 0 spiro atoms. The molecule has 1 fully saturated rings. The van der Waals surface area contributed by atoms with Gasteiger partial charge in [0.05, 0.1) is 11.0 Å². The third-order valence-corrected chi connectivity index (χ3v) is 7.22. The van der Waals surface area contributed by atoms with Gasteiger partial charge in [-0.1, -0.05) is 39.3 Å². The molecule has 5 rings (SSSR count). The van der Waals surface area contributed by atoms with Gasteiger partial charge in [0.15, 0.2) is 0 Å². The number of rotatable bonds is 6. The normalized spacial score (nSPS) is 17.2. The number of aromatic nitrogens is 2. The Kier molecular flexibility index (Phi) is 6.52. The van der Waals surface area contributed by atoms with Gasteiger partial charge in [0.1, 0.15) is 5.82 Å². The highest BCUT2D eigenvalue weighted by Crippen LogP contribution is 2.43. The number of hydrogen-bond acceptors (Lipinski definition) is 3. The summed E-state index contributed by atoms with van der Waals surface area (Å²) in [6, 6.07) is 20.2. The Labute approximate surface area is 211 Å². The zero-order valence-electron chi connectivity index (χ0n) is 21.1. The minimum Gasteiger partial charge on any atom is -0.326 e. The number of halogens is 1. The number of fused-ring (bicyclic) bond motifs is 1. The van der Waals surface area contributed by atoms with Crippen LogP contribution in [0, 0.1) is 11.2 Å². The molecular weight excluding hydrogens is 451 g/mol. The average molecular weight is 485 g/mol. The van der Waals surface area contributed by atoms with Crippen LogP contribution >= 0.6 is 0 Å². The molecule has 1 aliphatic carbocycles. The summed E-state index contributed by atoms with van der Waals surface area (Å²) in [5.41, 5.74) is 5.41.